The fraction of sp³-hybridized carbons (Fsp3) is 0.364. The first-order valence-electron chi connectivity index (χ1n) is 10.1. The molecule has 1 amide bonds. The van der Waals surface area contributed by atoms with Crippen LogP contribution >= 0.6 is 0 Å². The predicted molar refractivity (Wildman–Crippen MR) is 114 cm³/mol. The molecule has 2 aromatic heterocycles. The van der Waals surface area contributed by atoms with Gasteiger partial charge in [-0.15, -0.1) is 0 Å². The summed E-state index contributed by atoms with van der Waals surface area (Å²) in [6.07, 6.45) is 3.36. The molecule has 1 N–H and O–H groups in total. The van der Waals surface area contributed by atoms with Gasteiger partial charge >= 0.3 is 0 Å². The summed E-state index contributed by atoms with van der Waals surface area (Å²) in [5.41, 5.74) is 6.11. The lowest BCUT2D eigenvalue weighted by molar-refractivity contribution is -0.117. The van der Waals surface area contributed by atoms with Gasteiger partial charge in [-0.05, 0) is 51.0 Å². The maximum atomic E-state index is 11.9. The molecule has 1 saturated heterocycles. The second-order valence-electron chi connectivity index (χ2n) is 7.30. The molecule has 0 unspecified atom stereocenters. The van der Waals surface area contributed by atoms with E-state index in [0.717, 1.165) is 53.4 Å². The number of nitrogens with one attached hydrogen (secondary N) is 1. The van der Waals surface area contributed by atoms with Gasteiger partial charge < -0.3 is 10.2 Å². The van der Waals surface area contributed by atoms with Crippen LogP contribution in [0.3, 0.4) is 0 Å². The van der Waals surface area contributed by atoms with Gasteiger partial charge in [0.25, 0.3) is 0 Å². The SMILES string of the molecule is CCn1nc(C)c(-c2ccnc(NCc3ccc(N4CCCC4=O)cc3)n2)c1C. The molecule has 1 aromatic carbocycles. The number of hydrogen-bond donors (Lipinski definition) is 1. The van der Waals surface area contributed by atoms with E-state index in [9.17, 15) is 4.79 Å². The predicted octanol–water partition coefficient (Wildman–Crippen LogP) is 3.72. The number of nitrogens with zero attached hydrogens (tertiary/aromatic N) is 5. The number of carbonyl (C=O) groups is 1. The van der Waals surface area contributed by atoms with Crippen molar-refractivity contribution in [2.24, 2.45) is 0 Å². The summed E-state index contributed by atoms with van der Waals surface area (Å²) in [6.45, 7) is 8.43. The van der Waals surface area contributed by atoms with E-state index in [-0.39, 0.29) is 5.91 Å². The van der Waals surface area contributed by atoms with E-state index >= 15 is 0 Å². The van der Waals surface area contributed by atoms with E-state index in [1.165, 1.54) is 0 Å². The van der Waals surface area contributed by atoms with Gasteiger partial charge in [-0.25, -0.2) is 9.97 Å². The Morgan fingerprint density at radius 1 is 1.14 bits per heavy atom. The van der Waals surface area contributed by atoms with Crippen molar-refractivity contribution in [3.63, 3.8) is 0 Å². The second kappa shape index (κ2) is 8.03. The molecule has 3 heterocycles. The summed E-state index contributed by atoms with van der Waals surface area (Å²) in [6, 6.07) is 10.0. The van der Waals surface area contributed by atoms with Crippen LogP contribution in [0.25, 0.3) is 11.3 Å². The van der Waals surface area contributed by atoms with Gasteiger partial charge in [-0.2, -0.15) is 5.10 Å². The number of aryl methyl sites for hydroxylation is 2. The Morgan fingerprint density at radius 2 is 1.93 bits per heavy atom. The van der Waals surface area contributed by atoms with E-state index in [0.29, 0.717) is 18.9 Å². The van der Waals surface area contributed by atoms with Crippen LogP contribution in [-0.4, -0.2) is 32.2 Å². The fourth-order valence-corrected chi connectivity index (χ4v) is 3.85. The highest BCUT2D eigenvalue weighted by Gasteiger charge is 2.21. The lowest BCUT2D eigenvalue weighted by Gasteiger charge is -2.16. The molecular formula is C22H26N6O. The van der Waals surface area contributed by atoms with Crippen LogP contribution in [0.5, 0.6) is 0 Å². The van der Waals surface area contributed by atoms with Crippen molar-refractivity contribution in [3.8, 4) is 11.3 Å². The van der Waals surface area contributed by atoms with Crippen LogP contribution in [0.2, 0.25) is 0 Å². The zero-order valence-electron chi connectivity index (χ0n) is 17.1. The third-order valence-corrected chi connectivity index (χ3v) is 5.36. The summed E-state index contributed by atoms with van der Waals surface area (Å²) >= 11 is 0. The van der Waals surface area contributed by atoms with Crippen LogP contribution in [0.4, 0.5) is 11.6 Å². The molecule has 7 nitrogen and oxygen atoms in total. The van der Waals surface area contributed by atoms with Gasteiger partial charge in [0.15, 0.2) is 0 Å². The van der Waals surface area contributed by atoms with Gasteiger partial charge in [0.2, 0.25) is 11.9 Å². The standard InChI is InChI=1S/C22H26N6O/c1-4-28-16(3)21(15(2)26-28)19-11-12-23-22(25-19)24-14-17-7-9-18(10-8-17)27-13-5-6-20(27)29/h7-12H,4-6,13-14H2,1-3H3,(H,23,24,25). The molecule has 7 heteroatoms. The Balaban J connectivity index is 1.46. The maximum Gasteiger partial charge on any atom is 0.227 e. The smallest absolute Gasteiger partial charge is 0.227 e. The molecule has 0 radical (unpaired) electrons. The summed E-state index contributed by atoms with van der Waals surface area (Å²) in [5.74, 6) is 0.794. The van der Waals surface area contributed by atoms with E-state index in [4.69, 9.17) is 0 Å². The molecule has 4 rings (SSSR count). The average Bonchev–Trinajstić information content (AvgIpc) is 3.29. The molecule has 0 saturated carbocycles. The van der Waals surface area contributed by atoms with Crippen molar-refractivity contribution in [1.29, 1.82) is 0 Å². The Bertz CT molecular complexity index is 1020. The summed E-state index contributed by atoms with van der Waals surface area (Å²) in [4.78, 5) is 22.8. The molecule has 1 aliphatic heterocycles. The maximum absolute atomic E-state index is 11.9. The Kier molecular flexibility index (Phi) is 5.29. The molecule has 0 aliphatic carbocycles. The van der Waals surface area contributed by atoms with E-state index < -0.39 is 0 Å². The average molecular weight is 390 g/mol. The van der Waals surface area contributed by atoms with Gasteiger partial charge in [0.1, 0.15) is 0 Å². The van der Waals surface area contributed by atoms with E-state index in [1.807, 2.05) is 46.8 Å². The van der Waals surface area contributed by atoms with Crippen molar-refractivity contribution >= 4 is 17.5 Å². The normalized spacial score (nSPS) is 13.9. The molecule has 3 aromatic rings. The summed E-state index contributed by atoms with van der Waals surface area (Å²) < 4.78 is 1.99. The van der Waals surface area contributed by atoms with Crippen molar-refractivity contribution in [3.05, 3.63) is 53.5 Å². The quantitative estimate of drug-likeness (QED) is 0.694. The number of rotatable bonds is 6. The summed E-state index contributed by atoms with van der Waals surface area (Å²) in [5, 5.41) is 7.88. The van der Waals surface area contributed by atoms with Gasteiger partial charge in [0, 0.05) is 49.2 Å². The molecule has 0 bridgehead atoms. The molecule has 29 heavy (non-hydrogen) atoms. The van der Waals surface area contributed by atoms with Gasteiger partial charge in [0.05, 0.1) is 11.4 Å². The molecule has 1 fully saturated rings. The molecular weight excluding hydrogens is 364 g/mol. The number of hydrogen-bond acceptors (Lipinski definition) is 5. The topological polar surface area (TPSA) is 75.9 Å². The van der Waals surface area contributed by atoms with Crippen LogP contribution in [0.15, 0.2) is 36.5 Å². The second-order valence-corrected chi connectivity index (χ2v) is 7.30. The van der Waals surface area contributed by atoms with Gasteiger partial charge in [-0.1, -0.05) is 12.1 Å². The Hall–Kier alpha value is -3.22. The summed E-state index contributed by atoms with van der Waals surface area (Å²) in [7, 11) is 0. The van der Waals surface area contributed by atoms with Crippen molar-refractivity contribution in [2.45, 2.75) is 46.7 Å². The monoisotopic (exact) mass is 390 g/mol. The first-order valence-corrected chi connectivity index (χ1v) is 10.1. The first kappa shape index (κ1) is 19.1. The molecule has 0 atom stereocenters. The Labute approximate surface area is 170 Å². The third kappa shape index (κ3) is 3.85. The zero-order chi connectivity index (χ0) is 20.4. The lowest BCUT2D eigenvalue weighted by atomic mass is 10.1. The van der Waals surface area contributed by atoms with Crippen LogP contribution < -0.4 is 10.2 Å². The number of benzene rings is 1. The highest BCUT2D eigenvalue weighted by Crippen LogP contribution is 2.26. The minimum Gasteiger partial charge on any atom is -0.350 e. The minimum atomic E-state index is 0.207. The van der Waals surface area contributed by atoms with Crippen LogP contribution in [-0.2, 0) is 17.9 Å². The number of aromatic nitrogens is 4. The highest BCUT2D eigenvalue weighted by atomic mass is 16.2. The van der Waals surface area contributed by atoms with Crippen LogP contribution in [0.1, 0.15) is 36.7 Å². The number of carbonyl (C=O) groups excluding carboxylic acids is 1. The van der Waals surface area contributed by atoms with Gasteiger partial charge in [-0.3, -0.25) is 9.48 Å². The van der Waals surface area contributed by atoms with Crippen molar-refractivity contribution in [1.82, 2.24) is 19.7 Å². The largest absolute Gasteiger partial charge is 0.350 e. The minimum absolute atomic E-state index is 0.207. The van der Waals surface area contributed by atoms with Crippen molar-refractivity contribution in [2.75, 3.05) is 16.8 Å². The molecule has 1 aliphatic rings. The third-order valence-electron chi connectivity index (χ3n) is 5.36. The first-order chi connectivity index (χ1) is 14.1. The highest BCUT2D eigenvalue weighted by molar-refractivity contribution is 5.95. The van der Waals surface area contributed by atoms with E-state index in [2.05, 4.69) is 34.2 Å². The number of amides is 1. The Morgan fingerprint density at radius 3 is 2.59 bits per heavy atom. The molecule has 150 valence electrons. The lowest BCUT2D eigenvalue weighted by Crippen LogP contribution is -2.23. The van der Waals surface area contributed by atoms with Crippen LogP contribution in [0, 0.1) is 13.8 Å². The van der Waals surface area contributed by atoms with Crippen molar-refractivity contribution < 1.29 is 4.79 Å². The van der Waals surface area contributed by atoms with E-state index in [1.54, 1.807) is 6.20 Å². The molecule has 0 spiro atoms. The zero-order valence-corrected chi connectivity index (χ0v) is 17.1. The number of anilines is 2. The fourth-order valence-electron chi connectivity index (χ4n) is 3.85.